The number of halogens is 1. The van der Waals surface area contributed by atoms with Crippen molar-refractivity contribution < 1.29 is 33.4 Å². The molecule has 0 aromatic heterocycles. The molecule has 2 aliphatic rings. The summed E-state index contributed by atoms with van der Waals surface area (Å²) in [5, 5.41) is 15.4. The third-order valence-corrected chi connectivity index (χ3v) is 7.53. The molecule has 0 spiro atoms. The van der Waals surface area contributed by atoms with Gasteiger partial charge in [-0.3, -0.25) is 9.59 Å². The minimum Gasteiger partial charge on any atom is -0.466 e. The minimum atomic E-state index is -1.05. The van der Waals surface area contributed by atoms with Crippen molar-refractivity contribution in [3.63, 3.8) is 0 Å². The monoisotopic (exact) mass is 532 g/mol. The maximum Gasteiger partial charge on any atom is 0.330 e. The Hall–Kier alpha value is -2.78. The molecule has 2 aliphatic heterocycles. The van der Waals surface area contributed by atoms with Gasteiger partial charge in [0.1, 0.15) is 11.9 Å². The molecule has 3 rings (SSSR count). The van der Waals surface area contributed by atoms with Gasteiger partial charge >= 0.3 is 5.97 Å². The summed E-state index contributed by atoms with van der Waals surface area (Å²) in [4.78, 5) is 37.5. The molecule has 8 nitrogen and oxygen atoms in total. The molecule has 9 heteroatoms. The van der Waals surface area contributed by atoms with Crippen molar-refractivity contribution in [1.82, 2.24) is 10.6 Å². The average Bonchev–Trinajstić information content (AvgIpc) is 3.52. The molecule has 2 bridgehead atoms. The van der Waals surface area contributed by atoms with Crippen molar-refractivity contribution >= 4 is 23.9 Å². The lowest BCUT2D eigenvalue weighted by molar-refractivity contribution is -0.134. The predicted molar refractivity (Wildman–Crippen MR) is 141 cm³/mol. The number of carbonyl (C=O) groups is 3. The largest absolute Gasteiger partial charge is 0.466 e. The molecule has 2 amide bonds. The third kappa shape index (κ3) is 8.11. The molecule has 38 heavy (non-hydrogen) atoms. The van der Waals surface area contributed by atoms with Crippen LogP contribution in [0.2, 0.25) is 0 Å². The summed E-state index contributed by atoms with van der Waals surface area (Å²) < 4.78 is 24.9. The molecule has 1 aromatic carbocycles. The van der Waals surface area contributed by atoms with Crippen molar-refractivity contribution in [2.45, 2.75) is 83.0 Å². The second kappa shape index (κ2) is 15.0. The molecule has 2 fully saturated rings. The van der Waals surface area contributed by atoms with Gasteiger partial charge in [-0.25, -0.2) is 9.18 Å². The van der Waals surface area contributed by atoms with E-state index in [9.17, 15) is 23.9 Å². The van der Waals surface area contributed by atoms with E-state index in [-0.39, 0.29) is 24.0 Å². The van der Waals surface area contributed by atoms with Crippen molar-refractivity contribution in [3.05, 3.63) is 41.2 Å². The smallest absolute Gasteiger partial charge is 0.330 e. The normalized spacial score (nSPS) is 22.9. The van der Waals surface area contributed by atoms with Crippen LogP contribution < -0.4 is 10.6 Å². The van der Waals surface area contributed by atoms with E-state index in [4.69, 9.17) is 4.74 Å². The summed E-state index contributed by atoms with van der Waals surface area (Å²) in [5.74, 6) is -2.45. The number of carbonyl (C=O) groups excluding carboxylic acids is 3. The maximum absolute atomic E-state index is 14.1. The summed E-state index contributed by atoms with van der Waals surface area (Å²) in [6.07, 6.45) is 10.9. The molecule has 2 heterocycles. The molecule has 0 radical (unpaired) electrons. The zero-order valence-electron chi connectivity index (χ0n) is 22.4. The number of ether oxygens (including phenoxy) is 2. The van der Waals surface area contributed by atoms with Gasteiger partial charge < -0.3 is 25.2 Å². The number of amides is 2. The lowest BCUT2D eigenvalue weighted by Gasteiger charge is -2.29. The number of aliphatic hydroxyl groups excluding tert-OH is 1. The van der Waals surface area contributed by atoms with Crippen LogP contribution in [0.5, 0.6) is 0 Å². The zero-order chi connectivity index (χ0) is 27.5. The minimum absolute atomic E-state index is 0.162. The van der Waals surface area contributed by atoms with Crippen molar-refractivity contribution in [2.24, 2.45) is 11.8 Å². The zero-order valence-corrected chi connectivity index (χ0v) is 22.4. The Bertz CT molecular complexity index is 984. The number of methoxy groups -OCH3 is 1. The number of fused-ring (bicyclic) bond motifs is 2. The highest BCUT2D eigenvalue weighted by atomic mass is 19.1. The third-order valence-electron chi connectivity index (χ3n) is 7.53. The van der Waals surface area contributed by atoms with Crippen molar-refractivity contribution in [1.29, 1.82) is 0 Å². The number of nitrogens with one attached hydrogen (secondary N) is 2. The molecule has 3 unspecified atom stereocenters. The van der Waals surface area contributed by atoms with Gasteiger partial charge in [-0.2, -0.15) is 0 Å². The lowest BCUT2D eigenvalue weighted by Crippen LogP contribution is -2.53. The second-order valence-electron chi connectivity index (χ2n) is 10.2. The second-order valence-corrected chi connectivity index (χ2v) is 10.2. The molecule has 5 atom stereocenters. The quantitative estimate of drug-likeness (QED) is 0.181. The van der Waals surface area contributed by atoms with Crippen LogP contribution in [0.3, 0.4) is 0 Å². The van der Waals surface area contributed by atoms with E-state index >= 15 is 0 Å². The van der Waals surface area contributed by atoms with E-state index in [0.29, 0.717) is 24.1 Å². The van der Waals surface area contributed by atoms with Crippen LogP contribution in [0.25, 0.3) is 6.08 Å². The van der Waals surface area contributed by atoms with Crippen LogP contribution in [0.15, 0.2) is 24.3 Å². The number of hydrogen-bond donors (Lipinski definition) is 3. The first-order chi connectivity index (χ1) is 18.4. The number of unbranched alkanes of at least 4 members (excludes halogenated alkanes) is 5. The van der Waals surface area contributed by atoms with E-state index in [1.54, 1.807) is 12.1 Å². The summed E-state index contributed by atoms with van der Waals surface area (Å²) in [5.41, 5.74) is 1.31. The summed E-state index contributed by atoms with van der Waals surface area (Å²) in [6.45, 7) is 2.16. The van der Waals surface area contributed by atoms with Crippen molar-refractivity contribution in [2.75, 3.05) is 20.3 Å². The number of hydrogen-bond acceptors (Lipinski definition) is 6. The van der Waals surface area contributed by atoms with Gasteiger partial charge in [0.25, 0.3) is 0 Å². The molecule has 2 saturated heterocycles. The SMILES string of the molecule is CCCCCCCCNC(=O)C(CO)NC(=O)C1C2CC[C@@H](O2)[C@@H]1Cc1cc(F)ccc1C=CC(=O)OC. The average molecular weight is 533 g/mol. The molecular formula is C29H41FN2O6. The number of benzene rings is 1. The molecule has 0 saturated carbocycles. The van der Waals surface area contributed by atoms with Crippen LogP contribution in [0.1, 0.15) is 69.4 Å². The van der Waals surface area contributed by atoms with E-state index < -0.39 is 36.3 Å². The van der Waals surface area contributed by atoms with Crippen LogP contribution in [0, 0.1) is 17.7 Å². The first kappa shape index (κ1) is 29.8. The Morgan fingerprint density at radius 2 is 1.89 bits per heavy atom. The fourth-order valence-corrected chi connectivity index (χ4v) is 5.49. The van der Waals surface area contributed by atoms with E-state index in [0.717, 1.165) is 32.1 Å². The Balaban J connectivity index is 1.62. The summed E-state index contributed by atoms with van der Waals surface area (Å²) in [6, 6.07) is 3.26. The summed E-state index contributed by atoms with van der Waals surface area (Å²) in [7, 11) is 1.28. The van der Waals surface area contributed by atoms with Gasteiger partial charge in [0.15, 0.2) is 0 Å². The van der Waals surface area contributed by atoms with E-state index in [2.05, 4.69) is 22.3 Å². The molecule has 210 valence electrons. The Labute approximate surface area is 224 Å². The molecule has 0 aliphatic carbocycles. The predicted octanol–water partition coefficient (Wildman–Crippen LogP) is 3.30. The number of esters is 1. The Morgan fingerprint density at radius 1 is 1.16 bits per heavy atom. The van der Waals surface area contributed by atoms with Gasteiger partial charge in [0.05, 0.1) is 31.8 Å². The standard InChI is InChI=1S/C29H41FN2O6/c1-3-4-5-6-7-8-15-31-28(35)23(18-33)32-29(36)27-22(24-12-13-25(27)38-24)17-20-16-21(30)11-9-19(20)10-14-26(34)37-2/h9-11,14,16,22-25,27,33H,3-8,12-13,15,17-18H2,1-2H3,(H,31,35)(H,32,36)/t22-,23?,24+,25?,27?/m0/s1. The van der Waals surface area contributed by atoms with Crippen molar-refractivity contribution in [3.8, 4) is 0 Å². The Morgan fingerprint density at radius 3 is 2.63 bits per heavy atom. The van der Waals surface area contributed by atoms with Gasteiger partial charge in [-0.1, -0.05) is 45.1 Å². The highest BCUT2D eigenvalue weighted by Crippen LogP contribution is 2.45. The van der Waals surface area contributed by atoms with Crippen LogP contribution in [-0.4, -0.2) is 61.4 Å². The van der Waals surface area contributed by atoms with Gasteiger partial charge in [-0.05, 0) is 55.0 Å². The van der Waals surface area contributed by atoms with Gasteiger partial charge in [0, 0.05) is 18.5 Å². The van der Waals surface area contributed by atoms with E-state index in [1.165, 1.54) is 44.6 Å². The Kier molecular flexibility index (Phi) is 11.7. The first-order valence-electron chi connectivity index (χ1n) is 13.8. The van der Waals surface area contributed by atoms with Gasteiger partial charge in [-0.15, -0.1) is 0 Å². The molecule has 1 aromatic rings. The molecular weight excluding hydrogens is 491 g/mol. The van der Waals surface area contributed by atoms with E-state index in [1.807, 2.05) is 0 Å². The lowest BCUT2D eigenvalue weighted by atomic mass is 9.75. The first-order valence-corrected chi connectivity index (χ1v) is 13.8. The highest BCUT2D eigenvalue weighted by Gasteiger charge is 2.52. The van der Waals surface area contributed by atoms with Crippen LogP contribution in [0.4, 0.5) is 4.39 Å². The van der Waals surface area contributed by atoms with Crippen LogP contribution >= 0.6 is 0 Å². The summed E-state index contributed by atoms with van der Waals surface area (Å²) >= 11 is 0. The molecule has 3 N–H and O–H groups in total. The topological polar surface area (TPSA) is 114 Å². The number of rotatable bonds is 15. The fraction of sp³-hybridized carbons (Fsp3) is 0.621. The fourth-order valence-electron chi connectivity index (χ4n) is 5.49. The highest BCUT2D eigenvalue weighted by molar-refractivity contribution is 5.89. The number of aliphatic hydroxyl groups is 1. The van der Waals surface area contributed by atoms with Crippen LogP contribution in [-0.2, 0) is 30.3 Å². The maximum atomic E-state index is 14.1. The van der Waals surface area contributed by atoms with Gasteiger partial charge in [0.2, 0.25) is 11.8 Å².